The van der Waals surface area contributed by atoms with Crippen molar-refractivity contribution in [1.29, 1.82) is 0 Å². The van der Waals surface area contributed by atoms with Gasteiger partial charge in [-0.1, -0.05) is 19.1 Å². The van der Waals surface area contributed by atoms with Gasteiger partial charge >= 0.3 is 5.97 Å². The van der Waals surface area contributed by atoms with E-state index in [4.69, 9.17) is 18.9 Å². The molecule has 5 heteroatoms. The summed E-state index contributed by atoms with van der Waals surface area (Å²) in [7, 11) is 0. The molecular weight excluding hydrogens is 308 g/mol. The van der Waals surface area contributed by atoms with Crippen LogP contribution < -0.4 is 0 Å². The standard InChI is InChI=1S/C19H30O5/c1-6-21-17(14(5)19(23-8-3)24-9-4)15-10-12-16(13-11-15)18(20)22-7-2/h10-14,17,19H,6-9H2,1-5H3. The fourth-order valence-electron chi connectivity index (χ4n) is 2.58. The van der Waals surface area contributed by atoms with Gasteiger partial charge in [-0.15, -0.1) is 0 Å². The number of hydrogen-bond acceptors (Lipinski definition) is 5. The van der Waals surface area contributed by atoms with E-state index in [1.54, 1.807) is 19.1 Å². The summed E-state index contributed by atoms with van der Waals surface area (Å²) in [6.45, 7) is 11.8. The third kappa shape index (κ3) is 5.89. The normalized spacial score (nSPS) is 13.8. The van der Waals surface area contributed by atoms with Crippen LogP contribution in [0.4, 0.5) is 0 Å². The molecule has 1 aromatic rings. The lowest BCUT2D eigenvalue weighted by molar-refractivity contribution is -0.189. The highest BCUT2D eigenvalue weighted by Gasteiger charge is 2.28. The van der Waals surface area contributed by atoms with Crippen LogP contribution in [0.25, 0.3) is 0 Å². The Kier molecular flexibility index (Phi) is 9.60. The molecule has 0 spiro atoms. The van der Waals surface area contributed by atoms with Crippen LogP contribution in [0.3, 0.4) is 0 Å². The molecule has 0 aliphatic rings. The molecule has 0 saturated heterocycles. The molecule has 2 atom stereocenters. The van der Waals surface area contributed by atoms with Crippen molar-refractivity contribution in [2.24, 2.45) is 5.92 Å². The van der Waals surface area contributed by atoms with Crippen LogP contribution >= 0.6 is 0 Å². The minimum Gasteiger partial charge on any atom is -0.462 e. The SMILES string of the molecule is CCOC(=O)c1ccc(C(OCC)C(C)C(OCC)OCC)cc1. The largest absolute Gasteiger partial charge is 0.462 e. The van der Waals surface area contributed by atoms with Crippen molar-refractivity contribution in [3.8, 4) is 0 Å². The molecular formula is C19H30O5. The Morgan fingerprint density at radius 2 is 1.42 bits per heavy atom. The first-order chi connectivity index (χ1) is 11.6. The number of carbonyl (C=O) groups is 1. The Labute approximate surface area is 145 Å². The quantitative estimate of drug-likeness (QED) is 0.451. The third-order valence-corrected chi connectivity index (χ3v) is 3.67. The van der Waals surface area contributed by atoms with Crippen molar-refractivity contribution in [3.63, 3.8) is 0 Å². The predicted molar refractivity (Wildman–Crippen MR) is 93.0 cm³/mol. The van der Waals surface area contributed by atoms with Gasteiger partial charge in [0.25, 0.3) is 0 Å². The highest BCUT2D eigenvalue weighted by atomic mass is 16.7. The van der Waals surface area contributed by atoms with E-state index < -0.39 is 0 Å². The number of benzene rings is 1. The summed E-state index contributed by atoms with van der Waals surface area (Å²) >= 11 is 0. The number of esters is 1. The van der Waals surface area contributed by atoms with Crippen LogP contribution in [0.15, 0.2) is 24.3 Å². The lowest BCUT2D eigenvalue weighted by Crippen LogP contribution is -2.31. The fraction of sp³-hybridized carbons (Fsp3) is 0.632. The maximum absolute atomic E-state index is 11.8. The van der Waals surface area contributed by atoms with Crippen molar-refractivity contribution < 1.29 is 23.7 Å². The van der Waals surface area contributed by atoms with Gasteiger partial charge in [0.05, 0.1) is 18.3 Å². The van der Waals surface area contributed by atoms with Crippen molar-refractivity contribution >= 4 is 5.97 Å². The van der Waals surface area contributed by atoms with Gasteiger partial charge in [0.15, 0.2) is 6.29 Å². The summed E-state index contributed by atoms with van der Waals surface area (Å²) in [5.74, 6) is -0.301. The minimum absolute atomic E-state index is 0.0123. The Morgan fingerprint density at radius 3 is 1.88 bits per heavy atom. The van der Waals surface area contributed by atoms with Gasteiger partial charge in [-0.05, 0) is 45.4 Å². The maximum atomic E-state index is 11.8. The third-order valence-electron chi connectivity index (χ3n) is 3.67. The predicted octanol–water partition coefficient (Wildman–Crippen LogP) is 3.98. The smallest absolute Gasteiger partial charge is 0.338 e. The highest BCUT2D eigenvalue weighted by Crippen LogP contribution is 2.30. The molecule has 136 valence electrons. The highest BCUT2D eigenvalue weighted by molar-refractivity contribution is 5.89. The van der Waals surface area contributed by atoms with E-state index in [2.05, 4.69) is 6.92 Å². The molecule has 0 fully saturated rings. The first-order valence-electron chi connectivity index (χ1n) is 8.70. The molecule has 0 radical (unpaired) electrons. The first kappa shape index (κ1) is 20.6. The van der Waals surface area contributed by atoms with Crippen LogP contribution in [0.1, 0.15) is 56.6 Å². The fourth-order valence-corrected chi connectivity index (χ4v) is 2.58. The molecule has 1 aromatic carbocycles. The van der Waals surface area contributed by atoms with E-state index >= 15 is 0 Å². The monoisotopic (exact) mass is 338 g/mol. The second-order valence-corrected chi connectivity index (χ2v) is 5.36. The van der Waals surface area contributed by atoms with Crippen LogP contribution in [-0.4, -0.2) is 38.7 Å². The van der Waals surface area contributed by atoms with Crippen molar-refractivity contribution in [2.75, 3.05) is 26.4 Å². The van der Waals surface area contributed by atoms with Crippen LogP contribution in [0, 0.1) is 5.92 Å². The molecule has 0 bridgehead atoms. The van der Waals surface area contributed by atoms with Gasteiger partial charge in [0.2, 0.25) is 0 Å². The first-order valence-corrected chi connectivity index (χ1v) is 8.70. The van der Waals surface area contributed by atoms with E-state index in [1.165, 1.54) is 0 Å². The van der Waals surface area contributed by atoms with E-state index in [-0.39, 0.29) is 24.3 Å². The van der Waals surface area contributed by atoms with Crippen LogP contribution in [0.2, 0.25) is 0 Å². The molecule has 0 amide bonds. The van der Waals surface area contributed by atoms with Gasteiger partial charge in [-0.3, -0.25) is 0 Å². The lowest BCUT2D eigenvalue weighted by Gasteiger charge is -2.30. The van der Waals surface area contributed by atoms with Gasteiger partial charge < -0.3 is 18.9 Å². The zero-order valence-electron chi connectivity index (χ0n) is 15.4. The van der Waals surface area contributed by atoms with Crippen LogP contribution in [0.5, 0.6) is 0 Å². The molecule has 0 N–H and O–H groups in total. The minimum atomic E-state index is -0.332. The molecule has 0 heterocycles. The van der Waals surface area contributed by atoms with E-state index in [0.717, 1.165) is 5.56 Å². The number of ether oxygens (including phenoxy) is 4. The second kappa shape index (κ2) is 11.2. The summed E-state index contributed by atoms with van der Waals surface area (Å²) in [4.78, 5) is 11.8. The molecule has 24 heavy (non-hydrogen) atoms. The zero-order chi connectivity index (χ0) is 17.9. The topological polar surface area (TPSA) is 54.0 Å². The molecule has 1 rings (SSSR count). The van der Waals surface area contributed by atoms with Gasteiger partial charge in [-0.2, -0.15) is 0 Å². The van der Waals surface area contributed by atoms with E-state index in [9.17, 15) is 4.79 Å². The summed E-state index contributed by atoms with van der Waals surface area (Å²) in [5, 5.41) is 0. The van der Waals surface area contributed by atoms with Gasteiger partial charge in [0, 0.05) is 25.7 Å². The summed E-state index contributed by atoms with van der Waals surface area (Å²) < 4.78 is 22.4. The Bertz CT molecular complexity index is 465. The average molecular weight is 338 g/mol. The maximum Gasteiger partial charge on any atom is 0.338 e. The van der Waals surface area contributed by atoms with Crippen molar-refractivity contribution in [1.82, 2.24) is 0 Å². The molecule has 0 saturated carbocycles. The number of carbonyl (C=O) groups excluding carboxylic acids is 1. The molecule has 0 aliphatic carbocycles. The number of hydrogen-bond donors (Lipinski definition) is 0. The molecule has 5 nitrogen and oxygen atoms in total. The van der Waals surface area contributed by atoms with Crippen LogP contribution in [-0.2, 0) is 18.9 Å². The summed E-state index contributed by atoms with van der Waals surface area (Å²) in [6.07, 6.45) is -0.504. The number of rotatable bonds is 11. The lowest BCUT2D eigenvalue weighted by atomic mass is 9.95. The molecule has 0 aliphatic heterocycles. The Balaban J connectivity index is 2.95. The van der Waals surface area contributed by atoms with Crippen molar-refractivity contribution in [2.45, 2.75) is 47.0 Å². The summed E-state index contributed by atoms with van der Waals surface area (Å²) in [6, 6.07) is 7.33. The Hall–Kier alpha value is -1.43. The average Bonchev–Trinajstić information content (AvgIpc) is 2.59. The summed E-state index contributed by atoms with van der Waals surface area (Å²) in [5.41, 5.74) is 1.52. The Morgan fingerprint density at radius 1 is 0.875 bits per heavy atom. The molecule has 2 unspecified atom stereocenters. The van der Waals surface area contributed by atoms with E-state index in [1.807, 2.05) is 32.9 Å². The second-order valence-electron chi connectivity index (χ2n) is 5.36. The van der Waals surface area contributed by atoms with Crippen molar-refractivity contribution in [3.05, 3.63) is 35.4 Å². The molecule has 0 aromatic heterocycles. The zero-order valence-corrected chi connectivity index (χ0v) is 15.4. The van der Waals surface area contributed by atoms with E-state index in [0.29, 0.717) is 32.0 Å². The van der Waals surface area contributed by atoms with Gasteiger partial charge in [0.1, 0.15) is 0 Å². The van der Waals surface area contributed by atoms with Gasteiger partial charge in [-0.25, -0.2) is 4.79 Å².